The summed E-state index contributed by atoms with van der Waals surface area (Å²) in [5.74, 6) is 0.144. The third-order valence-electron chi connectivity index (χ3n) is 10.5. The third kappa shape index (κ3) is 8.43. The molecule has 274 valence electrons. The summed E-state index contributed by atoms with van der Waals surface area (Å²) in [4.78, 5) is 45.2. The van der Waals surface area contributed by atoms with Crippen molar-refractivity contribution in [3.63, 3.8) is 0 Å². The molecule has 0 saturated heterocycles. The molecule has 0 radical (unpaired) electrons. The van der Waals surface area contributed by atoms with Crippen LogP contribution in [0, 0.1) is 13.8 Å². The Kier molecular flexibility index (Phi) is 12.6. The Labute approximate surface area is 308 Å². The van der Waals surface area contributed by atoms with E-state index in [-0.39, 0.29) is 11.7 Å². The second-order valence-electron chi connectivity index (χ2n) is 13.8. The summed E-state index contributed by atoms with van der Waals surface area (Å²) in [5.41, 5.74) is 15.4. The molecule has 3 aromatic rings. The van der Waals surface area contributed by atoms with Gasteiger partial charge in [0.15, 0.2) is 0 Å². The molecule has 0 spiro atoms. The number of Topliss-reactive ketones (excluding diaryl/α,β-unsaturated/α-hetero) is 1. The Bertz CT molecular complexity index is 2110. The summed E-state index contributed by atoms with van der Waals surface area (Å²) in [7, 11) is 0. The van der Waals surface area contributed by atoms with Crippen molar-refractivity contribution in [1.29, 1.82) is 0 Å². The van der Waals surface area contributed by atoms with Crippen molar-refractivity contribution in [2.45, 2.75) is 74.1 Å². The summed E-state index contributed by atoms with van der Waals surface area (Å²) in [5, 5.41) is 6.52. The minimum atomic E-state index is 0.0109. The highest BCUT2D eigenvalue weighted by Gasteiger charge is 2.22. The average Bonchev–Trinajstić information content (AvgIpc) is 3.78. The molecule has 0 fully saturated rings. The van der Waals surface area contributed by atoms with E-state index in [0.717, 1.165) is 122 Å². The van der Waals surface area contributed by atoms with E-state index in [4.69, 9.17) is 9.97 Å². The number of fused-ring (bicyclic) bond motifs is 8. The summed E-state index contributed by atoms with van der Waals surface area (Å²) >= 11 is 0. The van der Waals surface area contributed by atoms with Crippen molar-refractivity contribution in [3.05, 3.63) is 82.5 Å². The minimum Gasteiger partial charge on any atom is -0.355 e. The van der Waals surface area contributed by atoms with Gasteiger partial charge in [0.05, 0.1) is 22.8 Å². The number of rotatable bonds is 16. The lowest BCUT2D eigenvalue weighted by molar-refractivity contribution is -0.121. The van der Waals surface area contributed by atoms with Crippen LogP contribution < -0.4 is 10.6 Å². The zero-order valence-electron chi connectivity index (χ0n) is 32.1. The van der Waals surface area contributed by atoms with Gasteiger partial charge in [-0.25, -0.2) is 9.97 Å². The van der Waals surface area contributed by atoms with Gasteiger partial charge in [-0.15, -0.1) is 0 Å². The molecule has 0 atom stereocenters. The lowest BCUT2D eigenvalue weighted by Gasteiger charge is -2.18. The van der Waals surface area contributed by atoms with Gasteiger partial charge in [-0.3, -0.25) is 4.79 Å². The molecule has 0 unspecified atom stereocenters. The molecule has 52 heavy (non-hydrogen) atoms. The fourth-order valence-corrected chi connectivity index (χ4v) is 7.12. The second-order valence-corrected chi connectivity index (χ2v) is 13.8. The topological polar surface area (TPSA) is 119 Å². The Morgan fingerprint density at radius 3 is 1.77 bits per heavy atom. The molecule has 4 N–H and O–H groups in total. The number of ketones is 1. The van der Waals surface area contributed by atoms with Gasteiger partial charge in [-0.1, -0.05) is 39.2 Å². The Balaban J connectivity index is 1.58. The van der Waals surface area contributed by atoms with Crippen LogP contribution in [0.3, 0.4) is 0 Å². The van der Waals surface area contributed by atoms with Crippen LogP contribution in [0.4, 0.5) is 0 Å². The first-order valence-electron chi connectivity index (χ1n) is 18.6. The lowest BCUT2D eigenvalue weighted by Crippen LogP contribution is -2.36. The third-order valence-corrected chi connectivity index (χ3v) is 10.5. The smallest absolute Gasteiger partial charge is 0.220 e. The second kappa shape index (κ2) is 17.1. The number of carbonyl (C=O) groups is 2. The quantitative estimate of drug-likeness (QED) is 0.112. The van der Waals surface area contributed by atoms with Crippen LogP contribution in [0.5, 0.6) is 0 Å². The molecular formula is C43H55N7O2. The number of H-pyrrole nitrogens is 2. The van der Waals surface area contributed by atoms with Gasteiger partial charge < -0.3 is 30.3 Å². The fraction of sp³-hybridized carbons (Fsp3) is 0.395. The molecule has 2 aliphatic heterocycles. The molecule has 1 amide bonds. The molecule has 8 bridgehead atoms. The molecule has 0 saturated carbocycles. The standard InChI is InChI=1S/C43H55N7O2/c1-10-31-27(6)35-22-36-30(9)34(16-17-43(52)45-19-18-44-20-21-50(12-3)13-4)42(48-36)25-41-33(15-14-26(5)51)29(8)38(49-41)24-40-32(11-2)28(7)37(47-40)23-39(31)46-35/h10-11,22-25,44,46-47H,1-2,12-21H2,3-9H3,(H,45,52). The van der Waals surface area contributed by atoms with E-state index in [1.165, 1.54) is 0 Å². The van der Waals surface area contributed by atoms with Crippen molar-refractivity contribution in [3.8, 4) is 0 Å². The summed E-state index contributed by atoms with van der Waals surface area (Å²) in [6, 6.07) is 8.33. The Morgan fingerprint density at radius 1 is 0.712 bits per heavy atom. The highest BCUT2D eigenvalue weighted by Crippen LogP contribution is 2.38. The molecule has 0 aliphatic carbocycles. The van der Waals surface area contributed by atoms with Gasteiger partial charge in [-0.05, 0) is 118 Å². The van der Waals surface area contributed by atoms with Gasteiger partial charge >= 0.3 is 0 Å². The number of hydrogen-bond donors (Lipinski definition) is 4. The molecule has 5 rings (SSSR count). The normalized spacial score (nSPS) is 12.9. The summed E-state index contributed by atoms with van der Waals surface area (Å²) in [6.07, 6.45) is 5.65. The number of aryl methyl sites for hydroxylation is 2. The van der Waals surface area contributed by atoms with E-state index >= 15 is 0 Å². The number of hydrogen-bond acceptors (Lipinski definition) is 6. The molecule has 0 aromatic carbocycles. The van der Waals surface area contributed by atoms with Crippen LogP contribution in [0.25, 0.3) is 56.5 Å². The van der Waals surface area contributed by atoms with Gasteiger partial charge in [0.25, 0.3) is 0 Å². The maximum absolute atomic E-state index is 13.1. The van der Waals surface area contributed by atoms with Crippen molar-refractivity contribution in [2.75, 3.05) is 39.3 Å². The Hall–Kier alpha value is -4.86. The Morgan fingerprint density at radius 2 is 1.23 bits per heavy atom. The number of aromatic amines is 2. The number of nitrogens with zero attached hydrogens (tertiary/aromatic N) is 3. The number of aromatic nitrogens is 4. The molecule has 9 nitrogen and oxygen atoms in total. The predicted molar refractivity (Wildman–Crippen MR) is 218 cm³/mol. The van der Waals surface area contributed by atoms with E-state index in [9.17, 15) is 9.59 Å². The number of allylic oxidation sites excluding steroid dienone is 4. The monoisotopic (exact) mass is 701 g/mol. The highest BCUT2D eigenvalue weighted by molar-refractivity contribution is 5.97. The van der Waals surface area contributed by atoms with E-state index in [1.807, 2.05) is 18.2 Å². The van der Waals surface area contributed by atoms with Gasteiger partial charge in [0.1, 0.15) is 5.78 Å². The van der Waals surface area contributed by atoms with Crippen LogP contribution in [0.15, 0.2) is 37.4 Å². The van der Waals surface area contributed by atoms with Crippen molar-refractivity contribution in [2.24, 2.45) is 0 Å². The van der Waals surface area contributed by atoms with E-state index < -0.39 is 0 Å². The molecule has 5 heterocycles. The number of likely N-dealkylation sites (N-methyl/N-ethyl adjacent to an activating group) is 1. The van der Waals surface area contributed by atoms with E-state index in [2.05, 4.69) is 98.4 Å². The zero-order valence-corrected chi connectivity index (χ0v) is 32.1. The van der Waals surface area contributed by atoms with Gasteiger partial charge in [0, 0.05) is 72.2 Å². The SMILES string of the molecule is C=Cc1c(C)c2cc3[nH]c(cc4nc(cc5nc(cc1[nH]2)C(C)=C5CCC(C)=O)C(CCC(=O)NCCNCCN(CC)CC)=C4C)c(C)c3C=C. The van der Waals surface area contributed by atoms with Crippen molar-refractivity contribution >= 4 is 68.2 Å². The van der Waals surface area contributed by atoms with E-state index in [1.54, 1.807) is 6.92 Å². The number of nitrogens with one attached hydrogen (secondary N) is 4. The van der Waals surface area contributed by atoms with Crippen LogP contribution in [0.1, 0.15) is 105 Å². The molecule has 2 aliphatic rings. The van der Waals surface area contributed by atoms with Crippen LogP contribution >= 0.6 is 0 Å². The fourth-order valence-electron chi connectivity index (χ4n) is 7.12. The average molecular weight is 702 g/mol. The number of carbonyl (C=O) groups excluding carboxylic acids is 2. The largest absolute Gasteiger partial charge is 0.355 e. The van der Waals surface area contributed by atoms with Gasteiger partial charge in [0.2, 0.25) is 5.91 Å². The first-order chi connectivity index (χ1) is 25.0. The summed E-state index contributed by atoms with van der Waals surface area (Å²) in [6.45, 7) is 27.8. The van der Waals surface area contributed by atoms with E-state index in [0.29, 0.717) is 32.2 Å². The van der Waals surface area contributed by atoms with Gasteiger partial charge in [-0.2, -0.15) is 0 Å². The molecular weight excluding hydrogens is 647 g/mol. The number of amides is 1. The maximum atomic E-state index is 13.1. The van der Waals surface area contributed by atoms with Crippen molar-refractivity contribution in [1.82, 2.24) is 35.5 Å². The first-order valence-corrected chi connectivity index (χ1v) is 18.6. The lowest BCUT2D eigenvalue weighted by atomic mass is 9.97. The van der Waals surface area contributed by atoms with Crippen LogP contribution in [0.2, 0.25) is 0 Å². The summed E-state index contributed by atoms with van der Waals surface area (Å²) < 4.78 is 0. The molecule has 9 heteroatoms. The minimum absolute atomic E-state index is 0.0109. The highest BCUT2D eigenvalue weighted by atomic mass is 16.1. The molecule has 3 aromatic heterocycles. The zero-order chi connectivity index (χ0) is 37.5. The first kappa shape index (κ1) is 38.4. The maximum Gasteiger partial charge on any atom is 0.220 e. The van der Waals surface area contributed by atoms with Crippen molar-refractivity contribution < 1.29 is 9.59 Å². The van der Waals surface area contributed by atoms with Crippen LogP contribution in [-0.2, 0) is 9.59 Å². The predicted octanol–water partition coefficient (Wildman–Crippen LogP) is 8.28. The van der Waals surface area contributed by atoms with Crippen LogP contribution in [-0.4, -0.2) is 75.8 Å².